The molecule has 0 aliphatic heterocycles. The molecule has 0 bridgehead atoms. The lowest BCUT2D eigenvalue weighted by Gasteiger charge is -2.09. The van der Waals surface area contributed by atoms with Gasteiger partial charge in [-0.15, -0.1) is 0 Å². The molecule has 2 aromatic carbocycles. The van der Waals surface area contributed by atoms with Crippen LogP contribution < -0.4 is 15.5 Å². The van der Waals surface area contributed by atoms with E-state index in [4.69, 9.17) is 17.0 Å². The molecule has 0 radical (unpaired) electrons. The Balaban J connectivity index is 1.92. The number of hydrogen-bond donors (Lipinski definition) is 2. The van der Waals surface area contributed by atoms with E-state index < -0.39 is 0 Å². The van der Waals surface area contributed by atoms with Crippen molar-refractivity contribution in [1.82, 2.24) is 10.7 Å². The lowest BCUT2D eigenvalue weighted by Crippen LogP contribution is -2.31. The molecule has 0 fully saturated rings. The average molecular weight is 406 g/mol. The van der Waals surface area contributed by atoms with Crippen LogP contribution in [-0.2, 0) is 6.61 Å². The molecule has 0 aliphatic rings. The van der Waals surface area contributed by atoms with Gasteiger partial charge in [0.1, 0.15) is 12.4 Å². The van der Waals surface area contributed by atoms with Gasteiger partial charge in [0.2, 0.25) is 0 Å². The van der Waals surface area contributed by atoms with Crippen molar-refractivity contribution in [2.24, 2.45) is 5.10 Å². The summed E-state index contributed by atoms with van der Waals surface area (Å²) in [6.45, 7) is 5.34. The van der Waals surface area contributed by atoms with E-state index in [2.05, 4.69) is 63.0 Å². The molecular weight excluding hydrogens is 386 g/mol. The first-order chi connectivity index (χ1) is 11.6. The fourth-order valence-corrected chi connectivity index (χ4v) is 2.63. The smallest absolute Gasteiger partial charge is 0.186 e. The number of rotatable bonds is 6. The third-order valence-electron chi connectivity index (χ3n) is 3.19. The van der Waals surface area contributed by atoms with E-state index in [0.29, 0.717) is 11.7 Å². The molecule has 126 valence electrons. The summed E-state index contributed by atoms with van der Waals surface area (Å²) in [5.41, 5.74) is 6.08. The Kier molecular flexibility index (Phi) is 7.21. The van der Waals surface area contributed by atoms with Crippen LogP contribution in [0.1, 0.15) is 23.6 Å². The predicted octanol–water partition coefficient (Wildman–Crippen LogP) is 4.15. The Hall–Kier alpha value is -1.92. The molecular formula is C18H20BrN3OS. The standard InChI is InChI=1S/C18H20BrN3OS/c1-3-20-18(24)22-21-11-15-8-9-17(16(19)10-15)23-12-14-6-4-13(2)5-7-14/h4-11H,3,12H2,1-2H3,(H2,20,22,24)/b21-11-. The van der Waals surface area contributed by atoms with E-state index in [1.807, 2.05) is 25.1 Å². The first-order valence-corrected chi connectivity index (χ1v) is 8.83. The van der Waals surface area contributed by atoms with Crippen LogP contribution in [0.2, 0.25) is 0 Å². The zero-order valence-corrected chi connectivity index (χ0v) is 16.1. The van der Waals surface area contributed by atoms with Gasteiger partial charge in [-0.1, -0.05) is 29.8 Å². The second kappa shape index (κ2) is 9.39. The second-order valence-electron chi connectivity index (χ2n) is 5.19. The van der Waals surface area contributed by atoms with Crippen LogP contribution in [0.25, 0.3) is 0 Å². The van der Waals surface area contributed by atoms with Crippen molar-refractivity contribution in [2.45, 2.75) is 20.5 Å². The zero-order chi connectivity index (χ0) is 17.4. The van der Waals surface area contributed by atoms with Crippen LogP contribution in [0.5, 0.6) is 5.75 Å². The number of halogens is 1. The van der Waals surface area contributed by atoms with Crippen molar-refractivity contribution < 1.29 is 4.74 Å². The fourth-order valence-electron chi connectivity index (χ4n) is 1.93. The van der Waals surface area contributed by atoms with Gasteiger partial charge in [-0.05, 0) is 71.3 Å². The van der Waals surface area contributed by atoms with Crippen LogP contribution in [0.15, 0.2) is 52.0 Å². The Labute approximate surface area is 156 Å². The lowest BCUT2D eigenvalue weighted by molar-refractivity contribution is 0.304. The van der Waals surface area contributed by atoms with E-state index in [9.17, 15) is 0 Å². The molecule has 0 amide bonds. The van der Waals surface area contributed by atoms with E-state index in [0.717, 1.165) is 27.9 Å². The molecule has 2 aromatic rings. The van der Waals surface area contributed by atoms with Crippen LogP contribution in [-0.4, -0.2) is 17.9 Å². The van der Waals surface area contributed by atoms with Crippen LogP contribution >= 0.6 is 28.1 Å². The molecule has 0 heterocycles. The Morgan fingerprint density at radius 1 is 1.25 bits per heavy atom. The molecule has 4 nitrogen and oxygen atoms in total. The minimum Gasteiger partial charge on any atom is -0.488 e. The van der Waals surface area contributed by atoms with Gasteiger partial charge in [0, 0.05) is 6.54 Å². The highest BCUT2D eigenvalue weighted by atomic mass is 79.9. The molecule has 2 N–H and O–H groups in total. The molecule has 0 saturated heterocycles. The number of ether oxygens (including phenoxy) is 1. The van der Waals surface area contributed by atoms with Crippen molar-refractivity contribution in [1.29, 1.82) is 0 Å². The largest absolute Gasteiger partial charge is 0.488 e. The van der Waals surface area contributed by atoms with Gasteiger partial charge in [0.15, 0.2) is 5.11 Å². The minimum atomic E-state index is 0.505. The summed E-state index contributed by atoms with van der Waals surface area (Å²) in [5, 5.41) is 7.56. The Morgan fingerprint density at radius 3 is 2.67 bits per heavy atom. The number of nitrogens with zero attached hydrogens (tertiary/aromatic N) is 1. The molecule has 0 atom stereocenters. The number of benzene rings is 2. The van der Waals surface area contributed by atoms with Crippen molar-refractivity contribution >= 4 is 39.5 Å². The Morgan fingerprint density at radius 2 is 2.00 bits per heavy atom. The number of nitrogens with one attached hydrogen (secondary N) is 2. The van der Waals surface area contributed by atoms with Gasteiger partial charge in [0.05, 0.1) is 10.7 Å². The van der Waals surface area contributed by atoms with Crippen molar-refractivity contribution in [3.8, 4) is 5.75 Å². The van der Waals surface area contributed by atoms with E-state index in [-0.39, 0.29) is 0 Å². The highest BCUT2D eigenvalue weighted by Crippen LogP contribution is 2.26. The summed E-state index contributed by atoms with van der Waals surface area (Å²) in [7, 11) is 0. The average Bonchev–Trinajstić information content (AvgIpc) is 2.56. The van der Waals surface area contributed by atoms with Crippen molar-refractivity contribution in [2.75, 3.05) is 6.54 Å². The normalized spacial score (nSPS) is 10.6. The van der Waals surface area contributed by atoms with Crippen molar-refractivity contribution in [3.63, 3.8) is 0 Å². The summed E-state index contributed by atoms with van der Waals surface area (Å²) in [6.07, 6.45) is 1.71. The fraction of sp³-hybridized carbons (Fsp3) is 0.222. The van der Waals surface area contributed by atoms with Gasteiger partial charge in [0.25, 0.3) is 0 Å². The zero-order valence-electron chi connectivity index (χ0n) is 13.7. The molecule has 0 unspecified atom stereocenters. The van der Waals surface area contributed by atoms with Gasteiger partial charge < -0.3 is 10.1 Å². The molecule has 6 heteroatoms. The first kappa shape index (κ1) is 18.4. The molecule has 0 aromatic heterocycles. The van der Waals surface area contributed by atoms with E-state index in [1.165, 1.54) is 5.56 Å². The quantitative estimate of drug-likeness (QED) is 0.430. The first-order valence-electron chi connectivity index (χ1n) is 7.63. The summed E-state index contributed by atoms with van der Waals surface area (Å²) in [5.74, 6) is 0.795. The Bertz CT molecular complexity index is 717. The van der Waals surface area contributed by atoms with E-state index >= 15 is 0 Å². The molecule has 0 saturated carbocycles. The van der Waals surface area contributed by atoms with Crippen molar-refractivity contribution in [3.05, 3.63) is 63.6 Å². The van der Waals surface area contributed by atoms with Gasteiger partial charge in [-0.2, -0.15) is 5.10 Å². The summed E-state index contributed by atoms with van der Waals surface area (Å²) in [6, 6.07) is 14.1. The minimum absolute atomic E-state index is 0.505. The third kappa shape index (κ3) is 5.94. The van der Waals surface area contributed by atoms with Crippen LogP contribution in [0, 0.1) is 6.92 Å². The predicted molar refractivity (Wildman–Crippen MR) is 107 cm³/mol. The van der Waals surface area contributed by atoms with Gasteiger partial charge >= 0.3 is 0 Å². The summed E-state index contributed by atoms with van der Waals surface area (Å²) < 4.78 is 6.74. The lowest BCUT2D eigenvalue weighted by atomic mass is 10.2. The maximum Gasteiger partial charge on any atom is 0.186 e. The maximum atomic E-state index is 5.85. The molecule has 0 spiro atoms. The second-order valence-corrected chi connectivity index (χ2v) is 6.46. The summed E-state index contributed by atoms with van der Waals surface area (Å²) in [4.78, 5) is 0. The number of aryl methyl sites for hydroxylation is 1. The van der Waals surface area contributed by atoms with Crippen LogP contribution in [0.3, 0.4) is 0 Å². The molecule has 24 heavy (non-hydrogen) atoms. The number of hydrogen-bond acceptors (Lipinski definition) is 3. The SMILES string of the molecule is CCNC(=S)N/N=C\c1ccc(OCc2ccc(C)cc2)c(Br)c1. The monoisotopic (exact) mass is 405 g/mol. The van der Waals surface area contributed by atoms with Gasteiger partial charge in [-0.3, -0.25) is 5.43 Å². The molecule has 0 aliphatic carbocycles. The highest BCUT2D eigenvalue weighted by molar-refractivity contribution is 9.10. The van der Waals surface area contributed by atoms with Crippen LogP contribution in [0.4, 0.5) is 0 Å². The maximum absolute atomic E-state index is 5.85. The van der Waals surface area contributed by atoms with E-state index in [1.54, 1.807) is 6.21 Å². The highest BCUT2D eigenvalue weighted by Gasteiger charge is 2.03. The number of thiocarbonyl (C=S) groups is 1. The summed E-state index contributed by atoms with van der Waals surface area (Å²) >= 11 is 8.57. The van der Waals surface area contributed by atoms with Gasteiger partial charge in [-0.25, -0.2) is 0 Å². The topological polar surface area (TPSA) is 45.7 Å². The third-order valence-corrected chi connectivity index (χ3v) is 4.04. The number of hydrazone groups is 1. The molecule has 2 rings (SSSR count).